The molecule has 0 unspecified atom stereocenters. The summed E-state index contributed by atoms with van der Waals surface area (Å²) in [4.78, 5) is 0. The van der Waals surface area contributed by atoms with E-state index < -0.39 is 0 Å². The minimum Gasteiger partial charge on any atom is -0.398 e. The average molecular weight is 210 g/mol. The molecule has 2 N–H and O–H groups in total. The third-order valence-electron chi connectivity index (χ3n) is 2.46. The van der Waals surface area contributed by atoms with Gasteiger partial charge in [0.25, 0.3) is 0 Å². The number of benzene rings is 1. The van der Waals surface area contributed by atoms with Crippen molar-refractivity contribution < 1.29 is 0 Å². The Balaban J connectivity index is 2.29. The number of nitrogens with zero attached hydrogens (tertiary/aromatic N) is 3. The van der Waals surface area contributed by atoms with Gasteiger partial charge in [-0.1, -0.05) is 30.3 Å². The second-order valence-electron chi connectivity index (χ2n) is 3.58. The first-order chi connectivity index (χ1) is 7.84. The molecule has 4 heteroatoms. The SMILES string of the molecule is Nc1ccc2nnc(-c3ccccc3)n2c1. The molecule has 0 bridgehead atoms. The lowest BCUT2D eigenvalue weighted by Gasteiger charge is -2.00. The monoisotopic (exact) mass is 210 g/mol. The third-order valence-corrected chi connectivity index (χ3v) is 2.46. The van der Waals surface area contributed by atoms with E-state index in [9.17, 15) is 0 Å². The van der Waals surface area contributed by atoms with Crippen molar-refractivity contribution in [2.24, 2.45) is 0 Å². The Morgan fingerprint density at radius 1 is 0.938 bits per heavy atom. The molecule has 0 aliphatic carbocycles. The zero-order valence-corrected chi connectivity index (χ0v) is 8.54. The van der Waals surface area contributed by atoms with E-state index in [0.29, 0.717) is 5.69 Å². The molecule has 0 saturated heterocycles. The Kier molecular flexibility index (Phi) is 1.86. The summed E-state index contributed by atoms with van der Waals surface area (Å²) in [7, 11) is 0. The van der Waals surface area contributed by atoms with Crippen LogP contribution in [0, 0.1) is 0 Å². The highest BCUT2D eigenvalue weighted by molar-refractivity contribution is 5.60. The second kappa shape index (κ2) is 3.34. The largest absolute Gasteiger partial charge is 0.398 e. The van der Waals surface area contributed by atoms with Crippen molar-refractivity contribution in [1.29, 1.82) is 0 Å². The lowest BCUT2D eigenvalue weighted by atomic mass is 10.2. The quantitative estimate of drug-likeness (QED) is 0.668. The van der Waals surface area contributed by atoms with Gasteiger partial charge in [0.2, 0.25) is 0 Å². The molecule has 1 aromatic carbocycles. The van der Waals surface area contributed by atoms with Crippen molar-refractivity contribution in [1.82, 2.24) is 14.6 Å². The standard InChI is InChI=1S/C12H10N4/c13-10-6-7-11-14-15-12(16(11)8-10)9-4-2-1-3-5-9/h1-8H,13H2. The molecular formula is C12H10N4. The van der Waals surface area contributed by atoms with Crippen LogP contribution in [-0.4, -0.2) is 14.6 Å². The van der Waals surface area contributed by atoms with Crippen LogP contribution in [0.2, 0.25) is 0 Å². The highest BCUT2D eigenvalue weighted by Gasteiger charge is 2.06. The Bertz CT molecular complexity index is 628. The first-order valence-corrected chi connectivity index (χ1v) is 5.00. The highest BCUT2D eigenvalue weighted by Crippen LogP contribution is 2.18. The van der Waals surface area contributed by atoms with E-state index >= 15 is 0 Å². The van der Waals surface area contributed by atoms with Crippen LogP contribution in [0.25, 0.3) is 17.0 Å². The molecule has 0 radical (unpaired) electrons. The number of nitrogens with two attached hydrogens (primary N) is 1. The van der Waals surface area contributed by atoms with Crippen molar-refractivity contribution in [2.75, 3.05) is 5.73 Å². The molecule has 2 aromatic heterocycles. The van der Waals surface area contributed by atoms with Gasteiger partial charge in [0.15, 0.2) is 11.5 Å². The first kappa shape index (κ1) is 8.91. The summed E-state index contributed by atoms with van der Waals surface area (Å²) in [6.45, 7) is 0. The maximum atomic E-state index is 5.75. The number of aromatic nitrogens is 3. The topological polar surface area (TPSA) is 56.2 Å². The summed E-state index contributed by atoms with van der Waals surface area (Å²) >= 11 is 0. The minimum absolute atomic E-state index is 0.699. The molecule has 3 rings (SSSR count). The van der Waals surface area contributed by atoms with Gasteiger partial charge >= 0.3 is 0 Å². The zero-order chi connectivity index (χ0) is 11.0. The molecule has 0 spiro atoms. The van der Waals surface area contributed by atoms with Crippen molar-refractivity contribution in [3.63, 3.8) is 0 Å². The lowest BCUT2D eigenvalue weighted by molar-refractivity contribution is 1.11. The van der Waals surface area contributed by atoms with Crippen LogP contribution in [0.1, 0.15) is 0 Å². The summed E-state index contributed by atoms with van der Waals surface area (Å²) in [5, 5.41) is 8.26. The summed E-state index contributed by atoms with van der Waals surface area (Å²) in [5.74, 6) is 0.808. The molecule has 2 heterocycles. The van der Waals surface area contributed by atoms with Crippen LogP contribution in [-0.2, 0) is 0 Å². The van der Waals surface area contributed by atoms with Crippen molar-refractivity contribution >= 4 is 11.3 Å². The van der Waals surface area contributed by atoms with Crippen molar-refractivity contribution in [3.8, 4) is 11.4 Å². The Morgan fingerprint density at radius 2 is 1.75 bits per heavy atom. The first-order valence-electron chi connectivity index (χ1n) is 5.00. The lowest BCUT2D eigenvalue weighted by Crippen LogP contribution is -1.92. The van der Waals surface area contributed by atoms with Gasteiger partial charge in [-0.25, -0.2) is 0 Å². The second-order valence-corrected chi connectivity index (χ2v) is 3.58. The van der Waals surface area contributed by atoms with Crippen LogP contribution in [0.4, 0.5) is 5.69 Å². The Labute approximate surface area is 92.4 Å². The number of hydrogen-bond donors (Lipinski definition) is 1. The summed E-state index contributed by atoms with van der Waals surface area (Å²) in [6, 6.07) is 13.6. The molecule has 0 amide bonds. The number of anilines is 1. The van der Waals surface area contributed by atoms with Crippen LogP contribution < -0.4 is 5.73 Å². The fourth-order valence-corrected chi connectivity index (χ4v) is 1.69. The molecule has 0 aliphatic rings. The molecule has 0 atom stereocenters. The van der Waals surface area contributed by atoms with Crippen LogP contribution >= 0.6 is 0 Å². The number of pyridine rings is 1. The minimum atomic E-state index is 0.699. The molecule has 3 aromatic rings. The predicted octanol–water partition coefficient (Wildman–Crippen LogP) is 1.98. The maximum Gasteiger partial charge on any atom is 0.168 e. The van der Waals surface area contributed by atoms with Crippen LogP contribution in [0.3, 0.4) is 0 Å². The molecular weight excluding hydrogens is 200 g/mol. The summed E-state index contributed by atoms with van der Waals surface area (Å²) < 4.78 is 1.89. The van der Waals surface area contributed by atoms with E-state index in [1.54, 1.807) is 0 Å². The molecule has 0 fully saturated rings. The Morgan fingerprint density at radius 3 is 2.56 bits per heavy atom. The number of fused-ring (bicyclic) bond motifs is 1. The van der Waals surface area contributed by atoms with Gasteiger partial charge in [-0.05, 0) is 12.1 Å². The van der Waals surface area contributed by atoms with Gasteiger partial charge in [0.1, 0.15) is 0 Å². The van der Waals surface area contributed by atoms with Gasteiger partial charge < -0.3 is 5.73 Å². The van der Waals surface area contributed by atoms with E-state index in [-0.39, 0.29) is 0 Å². The smallest absolute Gasteiger partial charge is 0.168 e. The molecule has 0 aliphatic heterocycles. The number of rotatable bonds is 1. The van der Waals surface area contributed by atoms with Crippen molar-refractivity contribution in [2.45, 2.75) is 0 Å². The van der Waals surface area contributed by atoms with Crippen LogP contribution in [0.15, 0.2) is 48.7 Å². The fraction of sp³-hybridized carbons (Fsp3) is 0. The maximum absolute atomic E-state index is 5.75. The highest BCUT2D eigenvalue weighted by atomic mass is 15.2. The molecule has 4 nitrogen and oxygen atoms in total. The third kappa shape index (κ3) is 1.32. The van der Waals surface area contributed by atoms with E-state index in [2.05, 4.69) is 10.2 Å². The van der Waals surface area contributed by atoms with E-state index in [4.69, 9.17) is 5.73 Å². The Hall–Kier alpha value is -2.36. The number of nitrogen functional groups attached to an aromatic ring is 1. The summed E-state index contributed by atoms with van der Waals surface area (Å²) in [6.07, 6.45) is 1.83. The van der Waals surface area contributed by atoms with Crippen LogP contribution in [0.5, 0.6) is 0 Å². The van der Waals surface area contributed by atoms with Gasteiger partial charge in [-0.2, -0.15) is 0 Å². The normalized spacial score (nSPS) is 10.8. The average Bonchev–Trinajstić information content (AvgIpc) is 2.73. The van der Waals surface area contributed by atoms with E-state index in [1.165, 1.54) is 0 Å². The van der Waals surface area contributed by atoms with E-state index in [0.717, 1.165) is 17.0 Å². The predicted molar refractivity (Wildman–Crippen MR) is 62.8 cm³/mol. The fourth-order valence-electron chi connectivity index (χ4n) is 1.69. The molecule has 16 heavy (non-hydrogen) atoms. The summed E-state index contributed by atoms with van der Waals surface area (Å²) in [5.41, 5.74) is 8.28. The van der Waals surface area contributed by atoms with Gasteiger partial charge in [-0.3, -0.25) is 4.40 Å². The van der Waals surface area contributed by atoms with Gasteiger partial charge in [-0.15, -0.1) is 10.2 Å². The van der Waals surface area contributed by atoms with Gasteiger partial charge in [0, 0.05) is 17.4 Å². The zero-order valence-electron chi connectivity index (χ0n) is 8.54. The van der Waals surface area contributed by atoms with Crippen molar-refractivity contribution in [3.05, 3.63) is 48.7 Å². The van der Waals surface area contributed by atoms with Gasteiger partial charge in [0.05, 0.1) is 0 Å². The molecule has 78 valence electrons. The molecule has 0 saturated carbocycles. The van der Waals surface area contributed by atoms with E-state index in [1.807, 2.05) is 53.1 Å². The number of hydrogen-bond acceptors (Lipinski definition) is 3.